The average molecular weight is 226 g/mol. The summed E-state index contributed by atoms with van der Waals surface area (Å²) in [5.41, 5.74) is 1.21. The Bertz CT molecular complexity index is 332. The molecular weight excluding hydrogens is 210 g/mol. The summed E-state index contributed by atoms with van der Waals surface area (Å²) < 4.78 is 0. The normalized spacial score (nSPS) is 11.3. The summed E-state index contributed by atoms with van der Waals surface area (Å²) in [7, 11) is 5.62. The van der Waals surface area contributed by atoms with E-state index in [2.05, 4.69) is 10.3 Å². The summed E-state index contributed by atoms with van der Waals surface area (Å²) in [6, 6.07) is 7.82. The van der Waals surface area contributed by atoms with Crippen LogP contribution in [0.5, 0.6) is 0 Å². The minimum absolute atomic E-state index is 0.763. The summed E-state index contributed by atoms with van der Waals surface area (Å²) in [6.07, 6.45) is 0. The van der Waals surface area contributed by atoms with Crippen LogP contribution in [0.3, 0.4) is 0 Å². The molecule has 1 N–H and O–H groups in total. The topological polar surface area (TPSA) is 27.6 Å². The molecule has 0 radical (unpaired) electrons. The molecule has 0 unspecified atom stereocenters. The van der Waals surface area contributed by atoms with E-state index < -0.39 is 0 Å². The number of rotatable bonds is 2. The van der Waals surface area contributed by atoms with Crippen molar-refractivity contribution in [3.8, 4) is 0 Å². The molecule has 0 aliphatic heterocycles. The van der Waals surface area contributed by atoms with E-state index in [9.17, 15) is 0 Å². The zero-order chi connectivity index (χ0) is 11.3. The molecule has 0 aromatic heterocycles. The van der Waals surface area contributed by atoms with Crippen molar-refractivity contribution < 1.29 is 0 Å². The summed E-state index contributed by atoms with van der Waals surface area (Å²) in [5.74, 6) is 0.866. The van der Waals surface area contributed by atoms with E-state index in [1.54, 1.807) is 7.05 Å². The standard InChI is InChI=1S/C11H16ClN3/c1-13-11(14-2)15(3)8-9-4-6-10(12)7-5-9/h4-7H,8H2,1-3H3,(H,13,14). The van der Waals surface area contributed by atoms with Crippen molar-refractivity contribution >= 4 is 17.6 Å². The SMILES string of the molecule is CN=C(NC)N(C)Cc1ccc(Cl)cc1. The van der Waals surface area contributed by atoms with Gasteiger partial charge in [0.1, 0.15) is 0 Å². The van der Waals surface area contributed by atoms with E-state index in [-0.39, 0.29) is 0 Å². The predicted octanol–water partition coefficient (Wildman–Crippen LogP) is 1.98. The summed E-state index contributed by atoms with van der Waals surface area (Å²) in [5, 5.41) is 3.80. The first-order valence-corrected chi connectivity index (χ1v) is 5.15. The zero-order valence-electron chi connectivity index (χ0n) is 9.29. The molecule has 82 valence electrons. The number of hydrogen-bond acceptors (Lipinski definition) is 1. The number of guanidine groups is 1. The third-order valence-electron chi connectivity index (χ3n) is 2.13. The number of nitrogens with one attached hydrogen (secondary N) is 1. The van der Waals surface area contributed by atoms with E-state index in [4.69, 9.17) is 11.6 Å². The van der Waals surface area contributed by atoms with Gasteiger partial charge in [0.25, 0.3) is 0 Å². The Balaban J connectivity index is 2.65. The monoisotopic (exact) mass is 225 g/mol. The summed E-state index contributed by atoms with van der Waals surface area (Å²) in [4.78, 5) is 6.17. The molecule has 0 atom stereocenters. The molecule has 1 aromatic carbocycles. The minimum Gasteiger partial charge on any atom is -0.359 e. The maximum absolute atomic E-state index is 5.82. The second-order valence-electron chi connectivity index (χ2n) is 3.28. The first kappa shape index (κ1) is 11.9. The van der Waals surface area contributed by atoms with Crippen LogP contribution in [0.25, 0.3) is 0 Å². The Labute approximate surface area is 95.8 Å². The lowest BCUT2D eigenvalue weighted by Crippen LogP contribution is -2.36. The van der Waals surface area contributed by atoms with Crippen molar-refractivity contribution in [2.24, 2.45) is 4.99 Å². The van der Waals surface area contributed by atoms with E-state index in [1.165, 1.54) is 5.56 Å². The fraction of sp³-hybridized carbons (Fsp3) is 0.364. The summed E-state index contributed by atoms with van der Waals surface area (Å²) in [6.45, 7) is 0.810. The number of aliphatic imine (C=N–C) groups is 1. The highest BCUT2D eigenvalue weighted by atomic mass is 35.5. The van der Waals surface area contributed by atoms with Crippen LogP contribution >= 0.6 is 11.6 Å². The molecule has 0 spiro atoms. The maximum Gasteiger partial charge on any atom is 0.193 e. The molecule has 0 saturated heterocycles. The molecule has 3 nitrogen and oxygen atoms in total. The number of nitrogens with zero attached hydrogens (tertiary/aromatic N) is 2. The van der Waals surface area contributed by atoms with E-state index in [0.29, 0.717) is 0 Å². The molecule has 15 heavy (non-hydrogen) atoms. The fourth-order valence-corrected chi connectivity index (χ4v) is 1.54. The highest BCUT2D eigenvalue weighted by Gasteiger charge is 2.03. The van der Waals surface area contributed by atoms with Gasteiger partial charge in [-0.05, 0) is 17.7 Å². The molecule has 0 saturated carbocycles. The van der Waals surface area contributed by atoms with Gasteiger partial charge in [-0.25, -0.2) is 0 Å². The van der Waals surface area contributed by atoms with Crippen LogP contribution in [0.1, 0.15) is 5.56 Å². The Hall–Kier alpha value is -1.22. The summed E-state index contributed by atoms with van der Waals surface area (Å²) >= 11 is 5.82. The number of halogens is 1. The van der Waals surface area contributed by atoms with Crippen molar-refractivity contribution in [1.29, 1.82) is 0 Å². The van der Waals surface area contributed by atoms with Gasteiger partial charge < -0.3 is 10.2 Å². The van der Waals surface area contributed by atoms with Gasteiger partial charge >= 0.3 is 0 Å². The van der Waals surface area contributed by atoms with Crippen molar-refractivity contribution in [1.82, 2.24) is 10.2 Å². The first-order valence-electron chi connectivity index (χ1n) is 4.77. The molecular formula is C11H16ClN3. The van der Waals surface area contributed by atoms with Crippen molar-refractivity contribution in [2.75, 3.05) is 21.1 Å². The van der Waals surface area contributed by atoms with Crippen molar-refractivity contribution in [3.05, 3.63) is 34.9 Å². The van der Waals surface area contributed by atoms with Crippen LogP contribution in [-0.4, -0.2) is 32.0 Å². The van der Waals surface area contributed by atoms with Gasteiger partial charge in [0.15, 0.2) is 5.96 Å². The Morgan fingerprint density at radius 2 is 2.00 bits per heavy atom. The fourth-order valence-electron chi connectivity index (χ4n) is 1.41. The second kappa shape index (κ2) is 5.61. The molecule has 0 amide bonds. The van der Waals surface area contributed by atoms with Crippen LogP contribution in [0, 0.1) is 0 Å². The Kier molecular flexibility index (Phi) is 4.43. The van der Waals surface area contributed by atoms with Gasteiger partial charge in [-0.15, -0.1) is 0 Å². The lowest BCUT2D eigenvalue weighted by Gasteiger charge is -2.20. The van der Waals surface area contributed by atoms with Crippen molar-refractivity contribution in [3.63, 3.8) is 0 Å². The lowest BCUT2D eigenvalue weighted by molar-refractivity contribution is 0.483. The van der Waals surface area contributed by atoms with E-state index in [1.807, 2.05) is 43.3 Å². The van der Waals surface area contributed by atoms with Crippen LogP contribution < -0.4 is 5.32 Å². The van der Waals surface area contributed by atoms with Crippen LogP contribution in [0.2, 0.25) is 5.02 Å². The molecule has 0 aliphatic rings. The quantitative estimate of drug-likeness (QED) is 0.616. The highest BCUT2D eigenvalue weighted by Crippen LogP contribution is 2.10. The Morgan fingerprint density at radius 3 is 2.47 bits per heavy atom. The van der Waals surface area contributed by atoms with Gasteiger partial charge in [0, 0.05) is 32.7 Å². The third kappa shape index (κ3) is 3.44. The average Bonchev–Trinajstić information content (AvgIpc) is 2.23. The molecule has 0 bridgehead atoms. The smallest absolute Gasteiger partial charge is 0.193 e. The molecule has 0 aliphatic carbocycles. The lowest BCUT2D eigenvalue weighted by atomic mass is 10.2. The van der Waals surface area contributed by atoms with Crippen LogP contribution in [-0.2, 0) is 6.54 Å². The second-order valence-corrected chi connectivity index (χ2v) is 3.72. The number of hydrogen-bond donors (Lipinski definition) is 1. The molecule has 1 rings (SSSR count). The first-order chi connectivity index (χ1) is 7.17. The van der Waals surface area contributed by atoms with E-state index >= 15 is 0 Å². The molecule has 0 fully saturated rings. The molecule has 4 heteroatoms. The molecule has 0 heterocycles. The van der Waals surface area contributed by atoms with Gasteiger partial charge in [0.2, 0.25) is 0 Å². The Morgan fingerprint density at radius 1 is 1.40 bits per heavy atom. The van der Waals surface area contributed by atoms with Gasteiger partial charge in [-0.2, -0.15) is 0 Å². The third-order valence-corrected chi connectivity index (χ3v) is 2.38. The van der Waals surface area contributed by atoms with E-state index in [0.717, 1.165) is 17.5 Å². The maximum atomic E-state index is 5.82. The number of benzene rings is 1. The van der Waals surface area contributed by atoms with Crippen molar-refractivity contribution in [2.45, 2.75) is 6.54 Å². The van der Waals surface area contributed by atoms with Gasteiger partial charge in [0.05, 0.1) is 0 Å². The highest BCUT2D eigenvalue weighted by molar-refractivity contribution is 6.30. The van der Waals surface area contributed by atoms with Gasteiger partial charge in [-0.3, -0.25) is 4.99 Å². The molecule has 1 aromatic rings. The predicted molar refractivity (Wildman–Crippen MR) is 65.3 cm³/mol. The van der Waals surface area contributed by atoms with Gasteiger partial charge in [-0.1, -0.05) is 23.7 Å². The zero-order valence-corrected chi connectivity index (χ0v) is 10.0. The van der Waals surface area contributed by atoms with Crippen LogP contribution in [0.15, 0.2) is 29.3 Å². The minimum atomic E-state index is 0.763. The largest absolute Gasteiger partial charge is 0.359 e. The van der Waals surface area contributed by atoms with Crippen LogP contribution in [0.4, 0.5) is 0 Å².